The normalized spacial score (nSPS) is 11.7. The van der Waals surface area contributed by atoms with E-state index >= 15 is 0 Å². The molecule has 0 aliphatic carbocycles. The third-order valence-corrected chi connectivity index (χ3v) is 6.26. The Morgan fingerprint density at radius 2 is 1.71 bits per heavy atom. The van der Waals surface area contributed by atoms with Crippen LogP contribution < -0.4 is 15.6 Å². The lowest BCUT2D eigenvalue weighted by atomic mass is 10.1. The Morgan fingerprint density at radius 3 is 2.40 bits per heavy atom. The predicted octanol–water partition coefficient (Wildman–Crippen LogP) is 3.30. The van der Waals surface area contributed by atoms with Crippen molar-refractivity contribution in [2.75, 3.05) is 12.9 Å². The third kappa shape index (κ3) is 5.70. The number of rotatable bonds is 9. The summed E-state index contributed by atoms with van der Waals surface area (Å²) in [6.45, 7) is 0. The lowest BCUT2D eigenvalue weighted by molar-refractivity contribution is -0.141. The molecule has 0 aliphatic heterocycles. The van der Waals surface area contributed by atoms with Gasteiger partial charge in [0, 0.05) is 6.42 Å². The largest absolute Gasteiger partial charge is 0.497 e. The van der Waals surface area contributed by atoms with Gasteiger partial charge in [-0.15, -0.1) is 0 Å². The maximum absolute atomic E-state index is 13.3. The number of aromatic nitrogens is 2. The monoisotopic (exact) mass is 489 g/mol. The summed E-state index contributed by atoms with van der Waals surface area (Å²) in [7, 11) is 1.56. The van der Waals surface area contributed by atoms with E-state index < -0.39 is 17.9 Å². The highest BCUT2D eigenvalue weighted by Gasteiger charge is 2.21. The second-order valence-electron chi connectivity index (χ2n) is 7.69. The highest BCUT2D eigenvalue weighted by atomic mass is 32.2. The van der Waals surface area contributed by atoms with Crippen LogP contribution in [-0.4, -0.2) is 45.4 Å². The molecule has 4 rings (SSSR count). The van der Waals surface area contributed by atoms with Crippen LogP contribution in [0.2, 0.25) is 0 Å². The van der Waals surface area contributed by atoms with E-state index in [9.17, 15) is 19.5 Å². The summed E-state index contributed by atoms with van der Waals surface area (Å²) in [6, 6.07) is 22.0. The first-order valence-corrected chi connectivity index (χ1v) is 11.8. The molecule has 0 unspecified atom stereocenters. The van der Waals surface area contributed by atoms with Gasteiger partial charge in [-0.05, 0) is 42.0 Å². The molecule has 0 saturated heterocycles. The van der Waals surface area contributed by atoms with Crippen molar-refractivity contribution in [3.63, 3.8) is 0 Å². The summed E-state index contributed by atoms with van der Waals surface area (Å²) in [5, 5.41) is 12.9. The van der Waals surface area contributed by atoms with Crippen LogP contribution in [0.25, 0.3) is 16.6 Å². The molecule has 0 radical (unpaired) electrons. The van der Waals surface area contributed by atoms with Crippen molar-refractivity contribution in [3.05, 3.63) is 94.8 Å². The molecule has 8 nitrogen and oxygen atoms in total. The van der Waals surface area contributed by atoms with Crippen molar-refractivity contribution in [1.29, 1.82) is 0 Å². The lowest BCUT2D eigenvalue weighted by Gasteiger charge is -2.16. The molecule has 0 spiro atoms. The van der Waals surface area contributed by atoms with E-state index in [0.29, 0.717) is 27.5 Å². The number of nitrogens with one attached hydrogen (secondary N) is 1. The first-order valence-electron chi connectivity index (χ1n) is 10.8. The number of nitrogens with zero attached hydrogens (tertiary/aromatic N) is 2. The fourth-order valence-corrected chi connectivity index (χ4v) is 4.41. The van der Waals surface area contributed by atoms with E-state index in [1.807, 2.05) is 30.3 Å². The molecule has 1 aromatic heterocycles. The number of para-hydroxylation sites is 1. The zero-order valence-corrected chi connectivity index (χ0v) is 19.7. The molecule has 4 aromatic rings. The second kappa shape index (κ2) is 10.9. The van der Waals surface area contributed by atoms with Gasteiger partial charge < -0.3 is 15.2 Å². The van der Waals surface area contributed by atoms with Crippen molar-refractivity contribution in [2.24, 2.45) is 0 Å². The number of thioether (sulfide) groups is 1. The average molecular weight is 490 g/mol. The Hall–Kier alpha value is -4.11. The van der Waals surface area contributed by atoms with Crippen LogP contribution in [0, 0.1) is 0 Å². The van der Waals surface area contributed by atoms with Gasteiger partial charge >= 0.3 is 5.97 Å². The molecule has 9 heteroatoms. The minimum absolute atomic E-state index is 0.112. The van der Waals surface area contributed by atoms with E-state index in [4.69, 9.17) is 4.74 Å². The molecule has 1 amide bonds. The number of aliphatic carboxylic acids is 1. The number of hydrogen-bond acceptors (Lipinski definition) is 6. The Morgan fingerprint density at radius 1 is 1.03 bits per heavy atom. The maximum Gasteiger partial charge on any atom is 0.326 e. The van der Waals surface area contributed by atoms with Crippen molar-refractivity contribution in [2.45, 2.75) is 17.6 Å². The molecule has 35 heavy (non-hydrogen) atoms. The van der Waals surface area contributed by atoms with Gasteiger partial charge in [0.2, 0.25) is 5.91 Å². The molecule has 0 saturated carbocycles. The number of amides is 1. The number of carboxylic acids is 1. The van der Waals surface area contributed by atoms with Crippen LogP contribution in [0.1, 0.15) is 5.56 Å². The van der Waals surface area contributed by atoms with Crippen LogP contribution in [0.4, 0.5) is 0 Å². The first kappa shape index (κ1) is 24.0. The Bertz CT molecular complexity index is 1400. The van der Waals surface area contributed by atoms with E-state index in [1.165, 1.54) is 4.57 Å². The second-order valence-corrected chi connectivity index (χ2v) is 8.63. The summed E-state index contributed by atoms with van der Waals surface area (Å²) in [6.07, 6.45) is 0.164. The molecule has 0 fully saturated rings. The van der Waals surface area contributed by atoms with Gasteiger partial charge in [0.15, 0.2) is 5.16 Å². The average Bonchev–Trinajstić information content (AvgIpc) is 2.88. The molecule has 1 atom stereocenters. The number of benzene rings is 3. The summed E-state index contributed by atoms with van der Waals surface area (Å²) in [4.78, 5) is 42.3. The number of carboxylic acid groups (broad SMARTS) is 1. The Kier molecular flexibility index (Phi) is 7.47. The molecule has 3 aromatic carbocycles. The van der Waals surface area contributed by atoms with Crippen molar-refractivity contribution < 1.29 is 19.4 Å². The Balaban J connectivity index is 1.58. The van der Waals surface area contributed by atoms with Gasteiger partial charge in [-0.3, -0.25) is 14.2 Å². The minimum Gasteiger partial charge on any atom is -0.497 e. The summed E-state index contributed by atoms with van der Waals surface area (Å²) >= 11 is 1.06. The molecule has 2 N–H and O–H groups in total. The van der Waals surface area contributed by atoms with Crippen LogP contribution in [0.5, 0.6) is 5.75 Å². The van der Waals surface area contributed by atoms with Crippen molar-refractivity contribution >= 4 is 34.5 Å². The Labute approximate surface area is 205 Å². The van der Waals surface area contributed by atoms with Gasteiger partial charge in [-0.2, -0.15) is 0 Å². The highest BCUT2D eigenvalue weighted by Crippen LogP contribution is 2.23. The van der Waals surface area contributed by atoms with E-state index in [2.05, 4.69) is 10.3 Å². The predicted molar refractivity (Wildman–Crippen MR) is 134 cm³/mol. The van der Waals surface area contributed by atoms with Gasteiger partial charge in [-0.1, -0.05) is 54.2 Å². The summed E-state index contributed by atoms with van der Waals surface area (Å²) in [5.41, 5.74) is 1.62. The number of carbonyl (C=O) groups is 2. The highest BCUT2D eigenvalue weighted by molar-refractivity contribution is 7.99. The topological polar surface area (TPSA) is 111 Å². The number of ether oxygens (including phenoxy) is 1. The SMILES string of the molecule is COc1ccc(-n2c(SCC(=O)N[C@H](Cc3ccccc3)C(=O)O)nc3ccccc3c2=O)cc1. The number of fused-ring (bicyclic) bond motifs is 1. The quantitative estimate of drug-likeness (QED) is 0.274. The van der Waals surface area contributed by atoms with Crippen LogP contribution in [-0.2, 0) is 16.0 Å². The van der Waals surface area contributed by atoms with Crippen molar-refractivity contribution in [3.8, 4) is 11.4 Å². The van der Waals surface area contributed by atoms with Gasteiger partial charge in [-0.25, -0.2) is 9.78 Å². The number of methoxy groups -OCH3 is 1. The third-order valence-electron chi connectivity index (χ3n) is 5.32. The van der Waals surface area contributed by atoms with Crippen molar-refractivity contribution in [1.82, 2.24) is 14.9 Å². The smallest absolute Gasteiger partial charge is 0.326 e. The molecule has 0 bridgehead atoms. The molecular weight excluding hydrogens is 466 g/mol. The van der Waals surface area contributed by atoms with Crippen LogP contribution >= 0.6 is 11.8 Å². The van der Waals surface area contributed by atoms with Crippen LogP contribution in [0.15, 0.2) is 88.8 Å². The minimum atomic E-state index is -1.12. The van der Waals surface area contributed by atoms with Crippen LogP contribution in [0.3, 0.4) is 0 Å². The summed E-state index contributed by atoms with van der Waals surface area (Å²) < 4.78 is 6.65. The van der Waals surface area contributed by atoms with E-state index in [0.717, 1.165) is 17.3 Å². The zero-order chi connectivity index (χ0) is 24.8. The van der Waals surface area contributed by atoms with Gasteiger partial charge in [0.1, 0.15) is 11.8 Å². The molecule has 0 aliphatic rings. The zero-order valence-electron chi connectivity index (χ0n) is 18.9. The number of hydrogen-bond donors (Lipinski definition) is 2. The van der Waals surface area contributed by atoms with Gasteiger partial charge in [0.05, 0.1) is 29.5 Å². The maximum atomic E-state index is 13.3. The molecule has 178 valence electrons. The molecular formula is C26H23N3O5S. The van der Waals surface area contributed by atoms with E-state index in [1.54, 1.807) is 55.6 Å². The fraction of sp³-hybridized carbons (Fsp3) is 0.154. The number of carbonyl (C=O) groups excluding carboxylic acids is 1. The standard InChI is InChI=1S/C26H23N3O5S/c1-34-19-13-11-18(12-14-19)29-24(31)20-9-5-6-10-21(20)28-26(29)35-16-23(30)27-22(25(32)33)15-17-7-3-2-4-8-17/h2-14,22H,15-16H2,1H3,(H,27,30)(H,32,33)/t22-/m1/s1. The van der Waals surface area contributed by atoms with Gasteiger partial charge in [0.25, 0.3) is 5.56 Å². The van der Waals surface area contributed by atoms with E-state index in [-0.39, 0.29) is 17.7 Å². The molecule has 1 heterocycles. The fourth-order valence-electron chi connectivity index (χ4n) is 3.58. The lowest BCUT2D eigenvalue weighted by Crippen LogP contribution is -2.43. The summed E-state index contributed by atoms with van der Waals surface area (Å²) in [5.74, 6) is -1.06. The first-order chi connectivity index (χ1) is 17.0.